The molecule has 2 aliphatic heterocycles. The van der Waals surface area contributed by atoms with E-state index in [9.17, 15) is 19.1 Å². The monoisotopic (exact) mass is 468 g/mol. The zero-order chi connectivity index (χ0) is 24.2. The number of ketones is 1. The summed E-state index contributed by atoms with van der Waals surface area (Å²) in [5.74, 6) is -1.43. The third-order valence-corrected chi connectivity index (χ3v) is 6.37. The van der Waals surface area contributed by atoms with Gasteiger partial charge in [0.2, 0.25) is 0 Å². The molecule has 180 valence electrons. The highest BCUT2D eigenvalue weighted by Gasteiger charge is 2.45. The minimum Gasteiger partial charge on any atom is -0.507 e. The van der Waals surface area contributed by atoms with Gasteiger partial charge >= 0.3 is 0 Å². The quantitative estimate of drug-likeness (QED) is 0.382. The smallest absolute Gasteiger partial charge is 0.295 e. The predicted octanol–water partition coefficient (Wildman–Crippen LogP) is 3.29. The maximum absolute atomic E-state index is 13.6. The van der Waals surface area contributed by atoms with Crippen LogP contribution in [0.25, 0.3) is 5.76 Å². The van der Waals surface area contributed by atoms with Gasteiger partial charge in [0.1, 0.15) is 17.3 Å². The number of benzene rings is 2. The van der Waals surface area contributed by atoms with E-state index in [2.05, 4.69) is 4.90 Å². The van der Waals surface area contributed by atoms with Crippen LogP contribution in [-0.4, -0.2) is 73.1 Å². The van der Waals surface area contributed by atoms with Crippen molar-refractivity contribution < 1.29 is 28.6 Å². The molecule has 0 spiro atoms. The number of nitrogens with zero attached hydrogens (tertiary/aromatic N) is 2. The molecule has 1 atom stereocenters. The average Bonchev–Trinajstić information content (AvgIpc) is 3.09. The third kappa shape index (κ3) is 4.83. The number of aryl methyl sites for hydroxylation is 1. The van der Waals surface area contributed by atoms with E-state index in [1.165, 1.54) is 17.0 Å². The topological polar surface area (TPSA) is 79.3 Å². The van der Waals surface area contributed by atoms with Crippen LogP contribution in [-0.2, 0) is 14.3 Å². The molecule has 1 amide bonds. The van der Waals surface area contributed by atoms with Crippen molar-refractivity contribution in [2.75, 3.05) is 46.5 Å². The molecule has 4 rings (SSSR count). The highest BCUT2D eigenvalue weighted by atomic mass is 19.1. The number of morpholine rings is 1. The Balaban J connectivity index is 1.68. The van der Waals surface area contributed by atoms with Crippen LogP contribution < -0.4 is 4.74 Å². The first-order valence-electron chi connectivity index (χ1n) is 11.4. The maximum atomic E-state index is 13.6. The molecule has 0 radical (unpaired) electrons. The number of methoxy groups -OCH3 is 1. The summed E-state index contributed by atoms with van der Waals surface area (Å²) in [5.41, 5.74) is 1.77. The zero-order valence-corrected chi connectivity index (χ0v) is 19.4. The van der Waals surface area contributed by atoms with Gasteiger partial charge in [0.05, 0.1) is 31.9 Å². The Morgan fingerprint density at radius 3 is 2.47 bits per heavy atom. The molecule has 8 heteroatoms. The van der Waals surface area contributed by atoms with E-state index in [1.54, 1.807) is 37.4 Å². The van der Waals surface area contributed by atoms with Crippen molar-refractivity contribution in [3.05, 3.63) is 70.5 Å². The van der Waals surface area contributed by atoms with Gasteiger partial charge in [-0.2, -0.15) is 0 Å². The lowest BCUT2D eigenvalue weighted by Crippen LogP contribution is -2.38. The van der Waals surface area contributed by atoms with Crippen molar-refractivity contribution in [3.8, 4) is 5.75 Å². The first-order valence-corrected chi connectivity index (χ1v) is 11.4. The highest BCUT2D eigenvalue weighted by molar-refractivity contribution is 6.46. The number of Topliss-reactive ketones (excluding diaryl/α,β-unsaturated/α-hetero) is 1. The number of amides is 1. The predicted molar refractivity (Wildman–Crippen MR) is 125 cm³/mol. The molecule has 2 aliphatic rings. The number of ether oxygens (including phenoxy) is 2. The van der Waals surface area contributed by atoms with E-state index in [0.29, 0.717) is 43.1 Å². The van der Waals surface area contributed by atoms with Crippen LogP contribution in [0.3, 0.4) is 0 Å². The fourth-order valence-corrected chi connectivity index (χ4v) is 4.57. The SMILES string of the molecule is COc1ccc(/C(O)=C2\C(=O)C(=O)N(CCCN3CCOCC3)[C@H]2c2ccc(F)cc2)cc1C. The standard InChI is InChI=1S/C26H29FN2O5/c1-17-16-19(6-9-21(17)33-2)24(30)22-23(18-4-7-20(27)8-5-18)29(26(32)25(22)31)11-3-10-28-12-14-34-15-13-28/h4-9,16,23,30H,3,10-15H2,1-2H3/b24-22+/t23-/m0/s1. The Morgan fingerprint density at radius 2 is 1.82 bits per heavy atom. The van der Waals surface area contributed by atoms with E-state index in [4.69, 9.17) is 9.47 Å². The van der Waals surface area contributed by atoms with Gasteiger partial charge < -0.3 is 19.5 Å². The summed E-state index contributed by atoms with van der Waals surface area (Å²) >= 11 is 0. The van der Waals surface area contributed by atoms with E-state index in [0.717, 1.165) is 25.2 Å². The molecular formula is C26H29FN2O5. The summed E-state index contributed by atoms with van der Waals surface area (Å²) < 4.78 is 24.3. The van der Waals surface area contributed by atoms with Gasteiger partial charge in [-0.3, -0.25) is 14.5 Å². The number of hydrogen-bond donors (Lipinski definition) is 1. The Hall–Kier alpha value is -3.23. The lowest BCUT2D eigenvalue weighted by atomic mass is 9.94. The fraction of sp³-hybridized carbons (Fsp3) is 0.385. The Bertz CT molecular complexity index is 1090. The Labute approximate surface area is 198 Å². The molecule has 0 saturated carbocycles. The first kappa shape index (κ1) is 23.9. The van der Waals surface area contributed by atoms with Crippen molar-refractivity contribution in [3.63, 3.8) is 0 Å². The van der Waals surface area contributed by atoms with E-state index >= 15 is 0 Å². The van der Waals surface area contributed by atoms with Gasteiger partial charge in [0.25, 0.3) is 11.7 Å². The van der Waals surface area contributed by atoms with Crippen molar-refractivity contribution in [1.82, 2.24) is 9.80 Å². The molecule has 0 unspecified atom stereocenters. The molecule has 7 nitrogen and oxygen atoms in total. The van der Waals surface area contributed by atoms with Crippen LogP contribution in [0.4, 0.5) is 4.39 Å². The summed E-state index contributed by atoms with van der Waals surface area (Å²) in [6.07, 6.45) is 0.659. The molecule has 34 heavy (non-hydrogen) atoms. The second-order valence-corrected chi connectivity index (χ2v) is 8.54. The normalized spacial score (nSPS) is 20.7. The highest BCUT2D eigenvalue weighted by Crippen LogP contribution is 2.40. The number of halogens is 1. The largest absolute Gasteiger partial charge is 0.507 e. The van der Waals surface area contributed by atoms with Crippen molar-refractivity contribution >= 4 is 17.4 Å². The minimum absolute atomic E-state index is 0.00699. The summed E-state index contributed by atoms with van der Waals surface area (Å²) in [4.78, 5) is 29.9. The molecule has 2 fully saturated rings. The van der Waals surface area contributed by atoms with Crippen molar-refractivity contribution in [2.45, 2.75) is 19.4 Å². The van der Waals surface area contributed by atoms with Crippen LogP contribution in [0.2, 0.25) is 0 Å². The van der Waals surface area contributed by atoms with Crippen LogP contribution in [0.1, 0.15) is 29.2 Å². The van der Waals surface area contributed by atoms with Crippen molar-refractivity contribution in [2.24, 2.45) is 0 Å². The second kappa shape index (κ2) is 10.4. The van der Waals surface area contributed by atoms with Crippen LogP contribution in [0.5, 0.6) is 5.75 Å². The molecule has 0 aromatic heterocycles. The maximum Gasteiger partial charge on any atom is 0.295 e. The number of carbonyl (C=O) groups excluding carboxylic acids is 2. The lowest BCUT2D eigenvalue weighted by Gasteiger charge is -2.29. The molecule has 0 bridgehead atoms. The number of likely N-dealkylation sites (tertiary alicyclic amines) is 1. The lowest BCUT2D eigenvalue weighted by molar-refractivity contribution is -0.140. The Kier molecular flexibility index (Phi) is 7.29. The van der Waals surface area contributed by atoms with Crippen LogP contribution >= 0.6 is 0 Å². The van der Waals surface area contributed by atoms with Crippen LogP contribution in [0.15, 0.2) is 48.0 Å². The van der Waals surface area contributed by atoms with Gasteiger partial charge in [0.15, 0.2) is 0 Å². The minimum atomic E-state index is -0.798. The zero-order valence-electron chi connectivity index (χ0n) is 19.4. The number of aliphatic hydroxyl groups excluding tert-OH is 1. The number of carbonyl (C=O) groups is 2. The molecule has 2 aromatic carbocycles. The van der Waals surface area contributed by atoms with Crippen molar-refractivity contribution in [1.29, 1.82) is 0 Å². The molecular weight excluding hydrogens is 439 g/mol. The third-order valence-electron chi connectivity index (χ3n) is 6.37. The van der Waals surface area contributed by atoms with E-state index in [-0.39, 0.29) is 11.3 Å². The van der Waals surface area contributed by atoms with Gasteiger partial charge in [-0.05, 0) is 54.8 Å². The summed E-state index contributed by atoms with van der Waals surface area (Å²) in [7, 11) is 1.55. The second-order valence-electron chi connectivity index (χ2n) is 8.54. The summed E-state index contributed by atoms with van der Waals surface area (Å²) in [6.45, 7) is 5.96. The number of rotatable bonds is 7. The number of aliphatic hydroxyl groups is 1. The van der Waals surface area contributed by atoms with Crippen LogP contribution in [0, 0.1) is 12.7 Å². The molecule has 2 aromatic rings. The molecule has 0 aliphatic carbocycles. The average molecular weight is 469 g/mol. The van der Waals surface area contributed by atoms with Gasteiger partial charge in [-0.15, -0.1) is 0 Å². The fourth-order valence-electron chi connectivity index (χ4n) is 4.57. The molecule has 2 heterocycles. The molecule has 1 N–H and O–H groups in total. The number of hydrogen-bond acceptors (Lipinski definition) is 6. The summed E-state index contributed by atoms with van der Waals surface area (Å²) in [6, 6.07) is 9.95. The van der Waals surface area contributed by atoms with Gasteiger partial charge in [0, 0.05) is 31.7 Å². The van der Waals surface area contributed by atoms with E-state index < -0.39 is 23.5 Å². The summed E-state index contributed by atoms with van der Waals surface area (Å²) in [5, 5.41) is 11.2. The van der Waals surface area contributed by atoms with Gasteiger partial charge in [-0.25, -0.2) is 4.39 Å². The van der Waals surface area contributed by atoms with E-state index in [1.807, 2.05) is 6.92 Å². The van der Waals surface area contributed by atoms with Gasteiger partial charge in [-0.1, -0.05) is 12.1 Å². The first-order chi connectivity index (χ1) is 16.4. The Morgan fingerprint density at radius 1 is 1.12 bits per heavy atom. The molecule has 2 saturated heterocycles.